The van der Waals surface area contributed by atoms with Gasteiger partial charge in [0.2, 0.25) is 0 Å². The summed E-state index contributed by atoms with van der Waals surface area (Å²) in [5.41, 5.74) is 0.682. The lowest BCUT2D eigenvalue weighted by atomic mass is 10.2. The number of benzene rings is 1. The van der Waals surface area contributed by atoms with E-state index >= 15 is 0 Å². The fourth-order valence-corrected chi connectivity index (χ4v) is 3.04. The topological polar surface area (TPSA) is 30.5 Å². The molecule has 0 bridgehead atoms. The number of ether oxygens (including phenoxy) is 2. The predicted molar refractivity (Wildman–Crippen MR) is 79.0 cm³/mol. The number of thiophene rings is 1. The first-order chi connectivity index (χ1) is 9.60. The van der Waals surface area contributed by atoms with Crippen LogP contribution in [0.5, 0.6) is 11.5 Å². The molecule has 108 valence electrons. The first-order valence-electron chi connectivity index (χ1n) is 5.68. The molecule has 1 heterocycles. The highest BCUT2D eigenvalue weighted by atomic mass is 79.9. The van der Waals surface area contributed by atoms with Gasteiger partial charge in [-0.25, -0.2) is 0 Å². The summed E-state index contributed by atoms with van der Waals surface area (Å²) >= 11 is 5.04. The van der Waals surface area contributed by atoms with E-state index in [-0.39, 0.29) is 11.5 Å². The lowest BCUT2D eigenvalue weighted by molar-refractivity contribution is -0.0511. The predicted octanol–water partition coefficient (Wildman–Crippen LogP) is 4.73. The third kappa shape index (κ3) is 3.83. The largest absolute Gasteiger partial charge is 0.493 e. The average molecular weight is 364 g/mol. The summed E-state index contributed by atoms with van der Waals surface area (Å²) in [7, 11) is 1.41. The number of halogens is 3. The standard InChI is InChI=1S/C13H12BrF2NO2S/c1-18-10-3-2-8(6-11(10)19-13(15)16)17-7-12-9(14)4-5-20-12/h2-6,13,17H,7H2,1H3. The van der Waals surface area contributed by atoms with Gasteiger partial charge >= 0.3 is 6.61 Å². The van der Waals surface area contributed by atoms with Crippen LogP contribution in [-0.4, -0.2) is 13.7 Å². The molecule has 20 heavy (non-hydrogen) atoms. The lowest BCUT2D eigenvalue weighted by Gasteiger charge is -2.12. The van der Waals surface area contributed by atoms with Gasteiger partial charge in [-0.3, -0.25) is 0 Å². The monoisotopic (exact) mass is 363 g/mol. The van der Waals surface area contributed by atoms with Crippen LogP contribution in [0.2, 0.25) is 0 Å². The van der Waals surface area contributed by atoms with Crippen molar-refractivity contribution in [1.29, 1.82) is 0 Å². The molecule has 0 saturated carbocycles. The van der Waals surface area contributed by atoms with E-state index in [2.05, 4.69) is 26.0 Å². The fourth-order valence-electron chi connectivity index (χ4n) is 1.61. The van der Waals surface area contributed by atoms with Crippen molar-refractivity contribution in [2.24, 2.45) is 0 Å². The van der Waals surface area contributed by atoms with E-state index < -0.39 is 6.61 Å². The van der Waals surface area contributed by atoms with Gasteiger partial charge in [-0.15, -0.1) is 11.3 Å². The Morgan fingerprint density at radius 2 is 2.10 bits per heavy atom. The Morgan fingerprint density at radius 1 is 1.30 bits per heavy atom. The molecule has 1 aromatic heterocycles. The Bertz CT molecular complexity index is 577. The van der Waals surface area contributed by atoms with Crippen LogP contribution in [0, 0.1) is 0 Å². The average Bonchev–Trinajstić information content (AvgIpc) is 2.81. The molecule has 0 amide bonds. The smallest absolute Gasteiger partial charge is 0.387 e. The van der Waals surface area contributed by atoms with Gasteiger partial charge in [0.15, 0.2) is 11.5 Å². The molecule has 0 atom stereocenters. The molecular formula is C13H12BrF2NO2S. The van der Waals surface area contributed by atoms with E-state index in [1.807, 2.05) is 11.4 Å². The zero-order valence-corrected chi connectivity index (χ0v) is 12.9. The fraction of sp³-hybridized carbons (Fsp3) is 0.231. The Kier molecular flexibility index (Phi) is 5.19. The molecule has 0 spiro atoms. The lowest BCUT2D eigenvalue weighted by Crippen LogP contribution is -2.05. The van der Waals surface area contributed by atoms with E-state index in [1.165, 1.54) is 13.2 Å². The summed E-state index contributed by atoms with van der Waals surface area (Å²) in [6.45, 7) is -2.29. The highest BCUT2D eigenvalue weighted by molar-refractivity contribution is 9.10. The molecule has 1 aromatic carbocycles. The maximum atomic E-state index is 12.3. The molecule has 1 N–H and O–H groups in total. The second-order valence-corrected chi connectivity index (χ2v) is 5.64. The summed E-state index contributed by atoms with van der Waals surface area (Å²) in [5.74, 6) is 0.283. The normalized spacial score (nSPS) is 10.7. The SMILES string of the molecule is COc1ccc(NCc2sccc2Br)cc1OC(F)F. The van der Waals surface area contributed by atoms with Gasteiger partial charge < -0.3 is 14.8 Å². The minimum absolute atomic E-state index is 0.0118. The first kappa shape index (κ1) is 15.1. The minimum Gasteiger partial charge on any atom is -0.493 e. The number of anilines is 1. The molecule has 0 aliphatic heterocycles. The molecule has 2 rings (SSSR count). The molecule has 0 aliphatic rings. The van der Waals surface area contributed by atoms with Gasteiger partial charge in [0.05, 0.1) is 13.7 Å². The highest BCUT2D eigenvalue weighted by Crippen LogP contribution is 2.32. The number of alkyl halides is 2. The molecular weight excluding hydrogens is 352 g/mol. The van der Waals surface area contributed by atoms with Crippen molar-refractivity contribution in [3.63, 3.8) is 0 Å². The summed E-state index contributed by atoms with van der Waals surface area (Å²) in [5, 5.41) is 5.13. The summed E-state index contributed by atoms with van der Waals surface area (Å²) in [4.78, 5) is 1.12. The van der Waals surface area contributed by atoms with Crippen LogP contribution in [0.15, 0.2) is 34.1 Å². The van der Waals surface area contributed by atoms with Crippen molar-refractivity contribution >= 4 is 33.0 Å². The van der Waals surface area contributed by atoms with Gasteiger partial charge in [-0.1, -0.05) is 0 Å². The summed E-state index contributed by atoms with van der Waals surface area (Å²) in [6, 6.07) is 6.79. The third-order valence-electron chi connectivity index (χ3n) is 2.52. The Hall–Kier alpha value is -1.34. The molecule has 0 aliphatic carbocycles. The van der Waals surface area contributed by atoms with Crippen molar-refractivity contribution in [3.8, 4) is 11.5 Å². The summed E-state index contributed by atoms with van der Waals surface area (Å²) in [6.07, 6.45) is 0. The molecule has 2 aromatic rings. The van der Waals surface area contributed by atoms with Crippen LogP contribution in [0.3, 0.4) is 0 Å². The van der Waals surface area contributed by atoms with E-state index in [0.29, 0.717) is 12.2 Å². The van der Waals surface area contributed by atoms with Gasteiger partial charge in [0.1, 0.15) is 0 Å². The second kappa shape index (κ2) is 6.90. The van der Waals surface area contributed by atoms with Crippen molar-refractivity contribution in [2.75, 3.05) is 12.4 Å². The van der Waals surface area contributed by atoms with Crippen molar-refractivity contribution in [3.05, 3.63) is 39.0 Å². The Morgan fingerprint density at radius 3 is 2.70 bits per heavy atom. The molecule has 0 fully saturated rings. The molecule has 0 radical (unpaired) electrons. The van der Waals surface area contributed by atoms with Gasteiger partial charge in [0, 0.05) is 21.1 Å². The molecule has 7 heteroatoms. The molecule has 0 unspecified atom stereocenters. The van der Waals surface area contributed by atoms with Gasteiger partial charge in [-0.05, 0) is 39.5 Å². The zero-order chi connectivity index (χ0) is 14.5. The third-order valence-corrected chi connectivity index (χ3v) is 4.45. The number of hydrogen-bond donors (Lipinski definition) is 1. The Balaban J connectivity index is 2.10. The van der Waals surface area contributed by atoms with Crippen molar-refractivity contribution in [2.45, 2.75) is 13.2 Å². The number of rotatable bonds is 6. The number of hydrogen-bond acceptors (Lipinski definition) is 4. The van der Waals surface area contributed by atoms with Crippen LogP contribution in [0.25, 0.3) is 0 Å². The van der Waals surface area contributed by atoms with E-state index in [0.717, 1.165) is 9.35 Å². The van der Waals surface area contributed by atoms with Crippen LogP contribution < -0.4 is 14.8 Å². The molecule has 0 saturated heterocycles. The first-order valence-corrected chi connectivity index (χ1v) is 7.36. The maximum Gasteiger partial charge on any atom is 0.387 e. The van der Waals surface area contributed by atoms with E-state index in [1.54, 1.807) is 23.5 Å². The van der Waals surface area contributed by atoms with Crippen LogP contribution in [0.4, 0.5) is 14.5 Å². The van der Waals surface area contributed by atoms with Crippen molar-refractivity contribution in [1.82, 2.24) is 0 Å². The quantitative estimate of drug-likeness (QED) is 0.804. The zero-order valence-electron chi connectivity index (χ0n) is 10.5. The number of methoxy groups -OCH3 is 1. The van der Waals surface area contributed by atoms with Crippen LogP contribution in [-0.2, 0) is 6.54 Å². The molecule has 3 nitrogen and oxygen atoms in total. The number of nitrogens with one attached hydrogen (secondary N) is 1. The Labute approximate surface area is 127 Å². The second-order valence-electron chi connectivity index (χ2n) is 3.79. The minimum atomic E-state index is -2.88. The van der Waals surface area contributed by atoms with Crippen molar-refractivity contribution < 1.29 is 18.3 Å². The van der Waals surface area contributed by atoms with E-state index in [4.69, 9.17) is 4.74 Å². The maximum absolute atomic E-state index is 12.3. The van der Waals surface area contributed by atoms with E-state index in [9.17, 15) is 8.78 Å². The summed E-state index contributed by atoms with van der Waals surface area (Å²) < 4.78 is 35.1. The highest BCUT2D eigenvalue weighted by Gasteiger charge is 2.11. The van der Waals surface area contributed by atoms with Gasteiger partial charge in [-0.2, -0.15) is 8.78 Å². The van der Waals surface area contributed by atoms with Gasteiger partial charge in [0.25, 0.3) is 0 Å². The van der Waals surface area contributed by atoms with Crippen LogP contribution >= 0.6 is 27.3 Å². The van der Waals surface area contributed by atoms with Crippen LogP contribution in [0.1, 0.15) is 4.88 Å².